The number of amides is 1. The molecule has 24 heavy (non-hydrogen) atoms. The highest BCUT2D eigenvalue weighted by molar-refractivity contribution is 7.99. The number of carbonyl (C=O) groups is 1. The fraction of sp³-hybridized carbons (Fsp3) is 0.125. The molecule has 122 valence electrons. The van der Waals surface area contributed by atoms with E-state index in [4.69, 9.17) is 16.0 Å². The Morgan fingerprint density at radius 1 is 1.29 bits per heavy atom. The number of nitrogens with one attached hydrogen (secondary N) is 1. The van der Waals surface area contributed by atoms with Crippen molar-refractivity contribution in [2.24, 2.45) is 0 Å². The summed E-state index contributed by atoms with van der Waals surface area (Å²) in [7, 11) is 0. The number of benzene rings is 1. The van der Waals surface area contributed by atoms with Gasteiger partial charge in [-0.25, -0.2) is 4.98 Å². The van der Waals surface area contributed by atoms with Crippen LogP contribution in [0.25, 0.3) is 11.5 Å². The van der Waals surface area contributed by atoms with Gasteiger partial charge in [-0.05, 0) is 31.2 Å². The molecule has 1 N–H and O–H groups in total. The molecule has 0 fully saturated rings. The molecule has 0 atom stereocenters. The van der Waals surface area contributed by atoms with Crippen molar-refractivity contribution in [3.05, 3.63) is 53.2 Å². The van der Waals surface area contributed by atoms with Crippen LogP contribution in [0.15, 0.2) is 52.2 Å². The number of halogens is 1. The SMILES string of the molecule is Cc1cccc(-c2nnc(SCC(=O)Nc3ccc(Cl)cn3)o2)c1. The van der Waals surface area contributed by atoms with E-state index in [2.05, 4.69) is 20.5 Å². The maximum atomic E-state index is 11.9. The highest BCUT2D eigenvalue weighted by Gasteiger charge is 2.11. The van der Waals surface area contributed by atoms with Gasteiger partial charge in [0.2, 0.25) is 11.8 Å². The van der Waals surface area contributed by atoms with Gasteiger partial charge in [0.1, 0.15) is 5.82 Å². The van der Waals surface area contributed by atoms with Crippen LogP contribution < -0.4 is 5.32 Å². The number of aromatic nitrogens is 3. The summed E-state index contributed by atoms with van der Waals surface area (Å²) >= 11 is 6.91. The quantitative estimate of drug-likeness (QED) is 0.696. The Morgan fingerprint density at radius 3 is 2.92 bits per heavy atom. The maximum absolute atomic E-state index is 11.9. The first-order valence-electron chi connectivity index (χ1n) is 7.05. The van der Waals surface area contributed by atoms with Gasteiger partial charge >= 0.3 is 0 Å². The second kappa shape index (κ2) is 7.46. The van der Waals surface area contributed by atoms with Crippen LogP contribution in [0.2, 0.25) is 5.02 Å². The van der Waals surface area contributed by atoms with E-state index < -0.39 is 0 Å². The van der Waals surface area contributed by atoms with Gasteiger partial charge in [0.25, 0.3) is 5.22 Å². The Bertz CT molecular complexity index is 851. The molecule has 0 radical (unpaired) electrons. The van der Waals surface area contributed by atoms with Gasteiger partial charge in [-0.15, -0.1) is 10.2 Å². The van der Waals surface area contributed by atoms with E-state index in [0.29, 0.717) is 22.0 Å². The number of aryl methyl sites for hydroxylation is 1. The van der Waals surface area contributed by atoms with Crippen LogP contribution in [0.1, 0.15) is 5.56 Å². The Labute approximate surface area is 147 Å². The van der Waals surface area contributed by atoms with Gasteiger partial charge in [0, 0.05) is 11.8 Å². The predicted octanol–water partition coefficient (Wildman–Crippen LogP) is 3.82. The van der Waals surface area contributed by atoms with Crippen molar-refractivity contribution >= 4 is 35.1 Å². The van der Waals surface area contributed by atoms with Crippen LogP contribution in [0.3, 0.4) is 0 Å². The Morgan fingerprint density at radius 2 is 2.17 bits per heavy atom. The molecule has 0 spiro atoms. The number of pyridine rings is 1. The number of hydrogen-bond acceptors (Lipinski definition) is 6. The van der Waals surface area contributed by atoms with E-state index in [1.807, 2.05) is 31.2 Å². The minimum absolute atomic E-state index is 0.139. The zero-order chi connectivity index (χ0) is 16.9. The summed E-state index contributed by atoms with van der Waals surface area (Å²) in [6.45, 7) is 1.99. The fourth-order valence-electron chi connectivity index (χ4n) is 1.92. The Hall–Kier alpha value is -2.38. The van der Waals surface area contributed by atoms with Crippen LogP contribution in [-0.2, 0) is 4.79 Å². The lowest BCUT2D eigenvalue weighted by molar-refractivity contribution is -0.113. The van der Waals surface area contributed by atoms with Crippen LogP contribution >= 0.6 is 23.4 Å². The molecular weight excluding hydrogens is 348 g/mol. The summed E-state index contributed by atoms with van der Waals surface area (Å²) < 4.78 is 5.57. The second-order valence-corrected chi connectivity index (χ2v) is 6.30. The van der Waals surface area contributed by atoms with Gasteiger partial charge in [0.15, 0.2) is 0 Å². The molecule has 0 aliphatic heterocycles. The average molecular weight is 361 g/mol. The van der Waals surface area contributed by atoms with E-state index in [0.717, 1.165) is 22.9 Å². The van der Waals surface area contributed by atoms with Crippen molar-refractivity contribution < 1.29 is 9.21 Å². The van der Waals surface area contributed by atoms with Crippen LogP contribution in [0, 0.1) is 6.92 Å². The van der Waals surface area contributed by atoms with Crippen molar-refractivity contribution in [2.75, 3.05) is 11.1 Å². The predicted molar refractivity (Wildman–Crippen MR) is 93.1 cm³/mol. The highest BCUT2D eigenvalue weighted by atomic mass is 35.5. The zero-order valence-electron chi connectivity index (χ0n) is 12.7. The Balaban J connectivity index is 1.57. The van der Waals surface area contributed by atoms with Crippen molar-refractivity contribution in [2.45, 2.75) is 12.1 Å². The third-order valence-corrected chi connectivity index (χ3v) is 4.04. The zero-order valence-corrected chi connectivity index (χ0v) is 14.3. The molecule has 3 aromatic rings. The van der Waals surface area contributed by atoms with E-state index in [9.17, 15) is 4.79 Å². The van der Waals surface area contributed by atoms with Crippen LogP contribution in [0.5, 0.6) is 0 Å². The molecule has 0 saturated heterocycles. The maximum Gasteiger partial charge on any atom is 0.277 e. The molecule has 3 rings (SSSR count). The molecule has 1 amide bonds. The van der Waals surface area contributed by atoms with Gasteiger partial charge in [-0.3, -0.25) is 4.79 Å². The normalized spacial score (nSPS) is 10.6. The molecule has 1 aromatic carbocycles. The first-order chi connectivity index (χ1) is 11.6. The molecule has 8 heteroatoms. The average Bonchev–Trinajstić information content (AvgIpc) is 3.04. The minimum Gasteiger partial charge on any atom is -0.411 e. The monoisotopic (exact) mass is 360 g/mol. The molecular formula is C16H13ClN4O2S. The third-order valence-electron chi connectivity index (χ3n) is 2.99. The highest BCUT2D eigenvalue weighted by Crippen LogP contribution is 2.23. The summed E-state index contributed by atoms with van der Waals surface area (Å²) in [4.78, 5) is 15.9. The van der Waals surface area contributed by atoms with Gasteiger partial charge in [-0.1, -0.05) is 41.1 Å². The largest absolute Gasteiger partial charge is 0.411 e. The number of hydrogen-bond donors (Lipinski definition) is 1. The van der Waals surface area contributed by atoms with E-state index in [1.165, 1.54) is 6.20 Å². The first kappa shape index (κ1) is 16.5. The number of rotatable bonds is 5. The van der Waals surface area contributed by atoms with Gasteiger partial charge in [-0.2, -0.15) is 0 Å². The standard InChI is InChI=1S/C16H13ClN4O2S/c1-10-3-2-4-11(7-10)15-20-21-16(23-15)24-9-14(22)19-13-6-5-12(17)8-18-13/h2-8H,9H2,1H3,(H,18,19,22). The van der Waals surface area contributed by atoms with Gasteiger partial charge in [0.05, 0.1) is 10.8 Å². The molecule has 6 nitrogen and oxygen atoms in total. The van der Waals surface area contributed by atoms with Crippen molar-refractivity contribution in [3.8, 4) is 11.5 Å². The number of carbonyl (C=O) groups excluding carboxylic acids is 1. The third kappa shape index (κ3) is 4.33. The number of thioether (sulfide) groups is 1. The lowest BCUT2D eigenvalue weighted by Crippen LogP contribution is -2.14. The molecule has 0 saturated carbocycles. The molecule has 0 aliphatic carbocycles. The van der Waals surface area contributed by atoms with E-state index >= 15 is 0 Å². The van der Waals surface area contributed by atoms with Crippen LogP contribution in [-0.4, -0.2) is 26.8 Å². The summed E-state index contributed by atoms with van der Waals surface area (Å²) in [5.41, 5.74) is 1.96. The lowest BCUT2D eigenvalue weighted by atomic mass is 10.1. The lowest BCUT2D eigenvalue weighted by Gasteiger charge is -2.02. The molecule has 0 bridgehead atoms. The summed E-state index contributed by atoms with van der Waals surface area (Å²) in [5, 5.41) is 11.5. The fourth-order valence-corrected chi connectivity index (χ4v) is 2.59. The second-order valence-electron chi connectivity index (χ2n) is 4.94. The summed E-state index contributed by atoms with van der Waals surface area (Å²) in [5.74, 6) is 0.793. The van der Waals surface area contributed by atoms with Gasteiger partial charge < -0.3 is 9.73 Å². The van der Waals surface area contributed by atoms with Crippen molar-refractivity contribution in [1.82, 2.24) is 15.2 Å². The number of nitrogens with zero attached hydrogens (tertiary/aromatic N) is 3. The number of anilines is 1. The van der Waals surface area contributed by atoms with E-state index in [-0.39, 0.29) is 11.7 Å². The van der Waals surface area contributed by atoms with Crippen LogP contribution in [0.4, 0.5) is 5.82 Å². The molecule has 2 aromatic heterocycles. The molecule has 0 aliphatic rings. The summed E-state index contributed by atoms with van der Waals surface area (Å²) in [6.07, 6.45) is 1.47. The smallest absolute Gasteiger partial charge is 0.277 e. The minimum atomic E-state index is -0.217. The topological polar surface area (TPSA) is 80.9 Å². The first-order valence-corrected chi connectivity index (χ1v) is 8.41. The molecule has 0 unspecified atom stereocenters. The Kier molecular flexibility index (Phi) is 5.12. The summed E-state index contributed by atoms with van der Waals surface area (Å²) in [6, 6.07) is 11.1. The van der Waals surface area contributed by atoms with Crippen molar-refractivity contribution in [1.29, 1.82) is 0 Å². The molecule has 2 heterocycles. The van der Waals surface area contributed by atoms with E-state index in [1.54, 1.807) is 12.1 Å². The van der Waals surface area contributed by atoms with Crippen molar-refractivity contribution in [3.63, 3.8) is 0 Å².